The first kappa shape index (κ1) is 10.3. The summed E-state index contributed by atoms with van der Waals surface area (Å²) in [5.41, 5.74) is 2.58. The van der Waals surface area contributed by atoms with Crippen molar-refractivity contribution in [3.8, 4) is 10.6 Å². The van der Waals surface area contributed by atoms with E-state index in [9.17, 15) is 0 Å². The molecule has 78 valence electrons. The smallest absolute Gasteiger partial charge is 0.125 e. The Balaban J connectivity index is 2.58. The molecule has 0 fully saturated rings. The van der Waals surface area contributed by atoms with E-state index in [4.69, 9.17) is 0 Å². The van der Waals surface area contributed by atoms with Gasteiger partial charge in [0.2, 0.25) is 0 Å². The number of nitrogens with zero attached hydrogens (tertiary/aromatic N) is 2. The van der Waals surface area contributed by atoms with Crippen molar-refractivity contribution in [3.63, 3.8) is 0 Å². The molecule has 3 heteroatoms. The lowest BCUT2D eigenvalue weighted by atomic mass is 9.85. The van der Waals surface area contributed by atoms with Crippen LogP contribution < -0.4 is 0 Å². The Morgan fingerprint density at radius 1 is 1.20 bits per heavy atom. The first-order chi connectivity index (χ1) is 7.09. The van der Waals surface area contributed by atoms with Crippen LogP contribution in [0.2, 0.25) is 0 Å². The average Bonchev–Trinajstić information content (AvgIpc) is 2.69. The average molecular weight is 218 g/mol. The predicted octanol–water partition coefficient (Wildman–Crippen LogP) is 3.50. The van der Waals surface area contributed by atoms with Gasteiger partial charge in [0.05, 0.1) is 0 Å². The minimum Gasteiger partial charge on any atom is -0.264 e. The van der Waals surface area contributed by atoms with E-state index in [1.807, 2.05) is 24.0 Å². The summed E-state index contributed by atoms with van der Waals surface area (Å²) in [5, 5.41) is 3.04. The summed E-state index contributed by atoms with van der Waals surface area (Å²) in [6, 6.07) is 2.08. The topological polar surface area (TPSA) is 25.8 Å². The highest BCUT2D eigenvalue weighted by atomic mass is 32.1. The van der Waals surface area contributed by atoms with Gasteiger partial charge >= 0.3 is 0 Å². The maximum absolute atomic E-state index is 4.34. The number of rotatable bonds is 1. The molecule has 0 aliphatic carbocycles. The van der Waals surface area contributed by atoms with Crippen LogP contribution in [0.4, 0.5) is 0 Å². The lowest BCUT2D eigenvalue weighted by Gasteiger charge is -2.21. The summed E-state index contributed by atoms with van der Waals surface area (Å²) >= 11 is 1.66. The molecule has 0 amide bonds. The zero-order chi connectivity index (χ0) is 10.9. The van der Waals surface area contributed by atoms with Crippen molar-refractivity contribution in [2.75, 3.05) is 0 Å². The highest BCUT2D eigenvalue weighted by molar-refractivity contribution is 7.13. The summed E-state index contributed by atoms with van der Waals surface area (Å²) in [4.78, 5) is 8.52. The number of hydrogen-bond acceptors (Lipinski definition) is 3. The molecule has 2 aromatic rings. The highest BCUT2D eigenvalue weighted by Crippen LogP contribution is 2.32. The number of pyridine rings is 1. The molecule has 0 saturated carbocycles. The van der Waals surface area contributed by atoms with Gasteiger partial charge in [-0.25, -0.2) is 4.98 Å². The van der Waals surface area contributed by atoms with Gasteiger partial charge in [-0.3, -0.25) is 4.98 Å². The van der Waals surface area contributed by atoms with Crippen LogP contribution in [0.1, 0.15) is 26.3 Å². The van der Waals surface area contributed by atoms with Crippen molar-refractivity contribution in [1.82, 2.24) is 9.97 Å². The fourth-order valence-corrected chi connectivity index (χ4v) is 2.24. The molecule has 0 aromatic carbocycles. The molecule has 0 aliphatic rings. The molecule has 0 N–H and O–H groups in total. The van der Waals surface area contributed by atoms with Crippen LogP contribution in [-0.2, 0) is 5.41 Å². The lowest BCUT2D eigenvalue weighted by Crippen LogP contribution is -2.12. The van der Waals surface area contributed by atoms with Gasteiger partial charge in [-0.2, -0.15) is 0 Å². The van der Waals surface area contributed by atoms with Crippen LogP contribution in [0.15, 0.2) is 30.0 Å². The van der Waals surface area contributed by atoms with E-state index >= 15 is 0 Å². The summed E-state index contributed by atoms with van der Waals surface area (Å²) < 4.78 is 0. The Labute approximate surface area is 94.0 Å². The van der Waals surface area contributed by atoms with E-state index in [1.165, 1.54) is 5.56 Å². The van der Waals surface area contributed by atoms with Crippen LogP contribution in [0.3, 0.4) is 0 Å². The normalized spacial score (nSPS) is 11.7. The fraction of sp³-hybridized carbons (Fsp3) is 0.333. The Morgan fingerprint density at radius 3 is 2.60 bits per heavy atom. The molecule has 2 nitrogen and oxygen atoms in total. The molecule has 0 saturated heterocycles. The Bertz CT molecular complexity index is 441. The monoisotopic (exact) mass is 218 g/mol. The van der Waals surface area contributed by atoms with Crippen LogP contribution in [0.5, 0.6) is 0 Å². The van der Waals surface area contributed by atoms with Crippen LogP contribution >= 0.6 is 11.3 Å². The highest BCUT2D eigenvalue weighted by Gasteiger charge is 2.19. The summed E-state index contributed by atoms with van der Waals surface area (Å²) in [6.45, 7) is 6.62. The van der Waals surface area contributed by atoms with Crippen molar-refractivity contribution in [2.45, 2.75) is 26.2 Å². The van der Waals surface area contributed by atoms with Gasteiger partial charge in [-0.1, -0.05) is 20.8 Å². The Hall–Kier alpha value is -1.22. The molecule has 2 heterocycles. The predicted molar refractivity (Wildman–Crippen MR) is 64.0 cm³/mol. The standard InChI is InChI=1S/C12H14N2S/c1-12(2,3)10-4-5-13-8-9(10)11-14-6-7-15-11/h4-8H,1-3H3. The molecule has 0 unspecified atom stereocenters. The number of hydrogen-bond donors (Lipinski definition) is 0. The van der Waals surface area contributed by atoms with Crippen molar-refractivity contribution in [1.29, 1.82) is 0 Å². The van der Waals surface area contributed by atoms with Crippen LogP contribution in [0, 0.1) is 0 Å². The lowest BCUT2D eigenvalue weighted by molar-refractivity contribution is 0.591. The Morgan fingerprint density at radius 2 is 2.00 bits per heavy atom. The second-order valence-electron chi connectivity index (χ2n) is 4.51. The zero-order valence-corrected chi connectivity index (χ0v) is 10.0. The summed E-state index contributed by atoms with van der Waals surface area (Å²) in [5.74, 6) is 0. The second kappa shape index (κ2) is 3.74. The first-order valence-electron chi connectivity index (χ1n) is 4.93. The maximum atomic E-state index is 4.34. The van der Waals surface area contributed by atoms with E-state index in [0.717, 1.165) is 10.6 Å². The fourth-order valence-electron chi connectivity index (χ4n) is 1.58. The molecule has 2 rings (SSSR count). The molecule has 0 spiro atoms. The molecule has 0 bridgehead atoms. The summed E-state index contributed by atoms with van der Waals surface area (Å²) in [6.07, 6.45) is 5.58. The van der Waals surface area contributed by atoms with Gasteiger partial charge < -0.3 is 0 Å². The van der Waals surface area contributed by atoms with Gasteiger partial charge in [-0.15, -0.1) is 11.3 Å². The number of aromatic nitrogens is 2. The molecular formula is C12H14N2S. The van der Waals surface area contributed by atoms with E-state index in [2.05, 4.69) is 36.8 Å². The van der Waals surface area contributed by atoms with Gasteiger partial charge in [0.15, 0.2) is 0 Å². The van der Waals surface area contributed by atoms with Crippen molar-refractivity contribution >= 4 is 11.3 Å². The minimum atomic E-state index is 0.129. The molecule has 0 atom stereocenters. The largest absolute Gasteiger partial charge is 0.264 e. The van der Waals surface area contributed by atoms with Gasteiger partial charge in [-0.05, 0) is 17.0 Å². The van der Waals surface area contributed by atoms with Crippen LogP contribution in [0.25, 0.3) is 10.6 Å². The van der Waals surface area contributed by atoms with Crippen LogP contribution in [-0.4, -0.2) is 9.97 Å². The third-order valence-electron chi connectivity index (χ3n) is 2.29. The minimum absolute atomic E-state index is 0.129. The van der Waals surface area contributed by atoms with Crippen molar-refractivity contribution in [2.24, 2.45) is 0 Å². The third-order valence-corrected chi connectivity index (χ3v) is 3.10. The van der Waals surface area contributed by atoms with E-state index in [-0.39, 0.29) is 5.41 Å². The second-order valence-corrected chi connectivity index (χ2v) is 5.40. The first-order valence-corrected chi connectivity index (χ1v) is 5.81. The molecular weight excluding hydrogens is 204 g/mol. The number of thiazole rings is 1. The third kappa shape index (κ3) is 2.07. The van der Waals surface area contributed by atoms with Gasteiger partial charge in [0.25, 0.3) is 0 Å². The zero-order valence-electron chi connectivity index (χ0n) is 9.19. The molecule has 0 radical (unpaired) electrons. The summed E-state index contributed by atoms with van der Waals surface area (Å²) in [7, 11) is 0. The molecule has 0 aliphatic heterocycles. The van der Waals surface area contributed by atoms with Crippen molar-refractivity contribution in [3.05, 3.63) is 35.6 Å². The van der Waals surface area contributed by atoms with E-state index < -0.39 is 0 Å². The SMILES string of the molecule is CC(C)(C)c1ccncc1-c1nccs1. The van der Waals surface area contributed by atoms with Gasteiger partial charge in [0.1, 0.15) is 5.01 Å². The van der Waals surface area contributed by atoms with Crippen molar-refractivity contribution < 1.29 is 0 Å². The quantitative estimate of drug-likeness (QED) is 0.732. The molecule has 15 heavy (non-hydrogen) atoms. The van der Waals surface area contributed by atoms with E-state index in [1.54, 1.807) is 11.3 Å². The maximum Gasteiger partial charge on any atom is 0.125 e. The molecule has 2 aromatic heterocycles. The van der Waals surface area contributed by atoms with E-state index in [0.29, 0.717) is 0 Å². The van der Waals surface area contributed by atoms with Gasteiger partial charge in [0, 0.05) is 29.5 Å². The Kier molecular flexibility index (Phi) is 2.57.